The van der Waals surface area contributed by atoms with Gasteiger partial charge in [0.2, 0.25) is 1.43 Å². The monoisotopic (exact) mass is 413 g/mol. The summed E-state index contributed by atoms with van der Waals surface area (Å²) < 4.78 is 24.9. The van der Waals surface area contributed by atoms with Crippen molar-refractivity contribution in [2.75, 3.05) is 39.5 Å². The molecule has 3 rings (SSSR count). The Hall–Kier alpha value is -1.19. The van der Waals surface area contributed by atoms with E-state index in [0.717, 1.165) is 45.2 Å². The predicted octanol–water partition coefficient (Wildman–Crippen LogP) is 1.82. The highest BCUT2D eigenvalue weighted by molar-refractivity contribution is 5.73. The van der Waals surface area contributed by atoms with Crippen LogP contribution in [0, 0.1) is 0 Å². The van der Waals surface area contributed by atoms with Gasteiger partial charge in [-0.1, -0.05) is 19.1 Å². The van der Waals surface area contributed by atoms with Crippen molar-refractivity contribution >= 4 is 6.03 Å². The van der Waals surface area contributed by atoms with Crippen molar-refractivity contribution in [2.45, 2.75) is 76.0 Å². The van der Waals surface area contributed by atoms with Gasteiger partial charge in [-0.2, -0.15) is 0 Å². The van der Waals surface area contributed by atoms with Gasteiger partial charge in [-0.3, -0.25) is 4.90 Å². The number of aliphatic hydroxyl groups excluding tert-OH is 1. The number of ether oxygens (including phenoxy) is 3. The number of rotatable bonds is 9. The summed E-state index contributed by atoms with van der Waals surface area (Å²) in [7, 11) is 0. The van der Waals surface area contributed by atoms with Crippen molar-refractivity contribution in [1.29, 1.82) is 1.43 Å². The number of hydrogen-bond acceptors (Lipinski definition) is 6. The van der Waals surface area contributed by atoms with E-state index in [2.05, 4.69) is 10.0 Å². The van der Waals surface area contributed by atoms with Gasteiger partial charge in [-0.15, -0.1) is 0 Å². The number of hydrogen-bond donors (Lipinski definition) is 2. The van der Waals surface area contributed by atoms with Gasteiger partial charge in [0.1, 0.15) is 0 Å². The first-order valence-corrected chi connectivity index (χ1v) is 11.0. The Labute approximate surface area is 175 Å². The molecule has 0 aromatic heterocycles. The molecule has 3 aliphatic rings. The molecule has 8 heteroatoms. The minimum absolute atomic E-state index is 0.00242. The van der Waals surface area contributed by atoms with E-state index in [1.165, 1.54) is 0 Å². The highest BCUT2D eigenvalue weighted by Gasteiger charge is 2.45. The van der Waals surface area contributed by atoms with E-state index in [9.17, 15) is 4.79 Å². The topological polar surface area (TPSA) is 97.5 Å². The molecule has 29 heavy (non-hydrogen) atoms. The molecule has 166 valence electrons. The van der Waals surface area contributed by atoms with Crippen molar-refractivity contribution in [3.8, 4) is 0 Å². The summed E-state index contributed by atoms with van der Waals surface area (Å²) in [6.07, 6.45) is 9.30. The second kappa shape index (κ2) is 10.7. The Bertz CT molecular complexity index is 563. The molecule has 0 radical (unpaired) electrons. The fourth-order valence-electron chi connectivity index (χ4n) is 4.65. The minimum Gasteiger partial charge on any atom is -0.389 e. The number of aliphatic hydroxyl groups is 1. The maximum Gasteiger partial charge on any atom is 0.316 e. The van der Waals surface area contributed by atoms with E-state index in [-0.39, 0.29) is 24.3 Å². The quantitative estimate of drug-likeness (QED) is 0.560. The first kappa shape index (κ1) is 21.1. The fraction of sp³-hybridized carbons (Fsp3) is 0.857. The molecule has 3 fully saturated rings. The lowest BCUT2D eigenvalue weighted by Gasteiger charge is -2.42. The Morgan fingerprint density at radius 3 is 2.72 bits per heavy atom. The zero-order valence-electron chi connectivity index (χ0n) is 18.6. The van der Waals surface area contributed by atoms with Crippen molar-refractivity contribution in [2.24, 2.45) is 5.73 Å². The maximum absolute atomic E-state index is 12.4. The number of amides is 2. The zero-order chi connectivity index (χ0) is 21.4. The van der Waals surface area contributed by atoms with Gasteiger partial charge in [0.05, 0.1) is 38.7 Å². The number of carbonyl (C=O) groups excluding carboxylic acids is 1. The lowest BCUT2D eigenvalue weighted by Crippen LogP contribution is -2.56. The standard InChI is InChI=1S/C21H37N3O5/c1-2-18(25)6-3-4-9-21(28-12-5-13-29-21)16-17-7-8-19(24(17)20(22)26)23-10-14-27-15-11-23/h3,6,17-19,25H,2,4-5,7-16H2,1H3,(H2,22,26)/t17-,18+,19+/m0/s1/i25T. The minimum atomic E-state index is -0.704. The van der Waals surface area contributed by atoms with Gasteiger partial charge >= 0.3 is 6.03 Å². The van der Waals surface area contributed by atoms with Crippen LogP contribution in [0.25, 0.3) is 0 Å². The number of nitrogens with two attached hydrogens (primary N) is 1. The molecule has 0 saturated carbocycles. The first-order chi connectivity index (χ1) is 14.6. The van der Waals surface area contributed by atoms with Crippen LogP contribution in [0.5, 0.6) is 0 Å². The van der Waals surface area contributed by atoms with Crippen LogP contribution in [-0.2, 0) is 14.2 Å². The highest BCUT2D eigenvalue weighted by Crippen LogP contribution is 2.37. The van der Waals surface area contributed by atoms with Crippen LogP contribution in [0.3, 0.4) is 0 Å². The number of morpholine rings is 1. The van der Waals surface area contributed by atoms with Gasteiger partial charge in [-0.05, 0) is 32.1 Å². The molecule has 0 spiro atoms. The van der Waals surface area contributed by atoms with E-state index in [4.69, 9.17) is 21.4 Å². The summed E-state index contributed by atoms with van der Waals surface area (Å²) >= 11 is 0. The molecule has 2 amide bonds. The molecule has 3 aliphatic heterocycles. The number of primary amides is 1. The Morgan fingerprint density at radius 1 is 1.31 bits per heavy atom. The average molecular weight is 414 g/mol. The van der Waals surface area contributed by atoms with Crippen LogP contribution in [0.15, 0.2) is 12.2 Å². The van der Waals surface area contributed by atoms with Gasteiger partial charge in [0, 0.05) is 32.0 Å². The number of allylic oxidation sites excluding steroid dienone is 1. The van der Waals surface area contributed by atoms with Crippen molar-refractivity contribution in [3.05, 3.63) is 12.2 Å². The van der Waals surface area contributed by atoms with Crippen molar-refractivity contribution < 1.29 is 24.1 Å². The molecule has 0 aliphatic carbocycles. The Kier molecular flexibility index (Phi) is 7.79. The summed E-state index contributed by atoms with van der Waals surface area (Å²) in [5.41, 5.74) is 5.82. The number of likely N-dealkylation sites (tertiary alicyclic amines) is 1. The molecule has 3 N–H and O–H groups in total. The molecule has 0 bridgehead atoms. The molecule has 8 nitrogen and oxygen atoms in total. The van der Waals surface area contributed by atoms with E-state index in [1.807, 2.05) is 24.0 Å². The SMILES string of the molecule is [3H]O[C@@H](C=CCCC1(C[C@@H]2CC[C@H](N3CCOCC3)N2C(N)=O)OCCCO1)CC. The Balaban J connectivity index is 1.65. The van der Waals surface area contributed by atoms with Crippen molar-refractivity contribution in [1.82, 2.24) is 9.80 Å². The lowest BCUT2D eigenvalue weighted by molar-refractivity contribution is -0.277. The summed E-state index contributed by atoms with van der Waals surface area (Å²) in [6.45, 7) is 6.33. The van der Waals surface area contributed by atoms with Crippen LogP contribution in [-0.4, -0.2) is 86.0 Å². The number of carbonyl (C=O) groups is 1. The van der Waals surface area contributed by atoms with Gasteiger partial charge < -0.3 is 30.0 Å². The predicted molar refractivity (Wildman–Crippen MR) is 109 cm³/mol. The third-order valence-corrected chi connectivity index (χ3v) is 6.20. The van der Waals surface area contributed by atoms with E-state index < -0.39 is 5.79 Å². The van der Waals surface area contributed by atoms with Crippen LogP contribution in [0.2, 0.25) is 0 Å². The molecule has 3 heterocycles. The highest BCUT2D eigenvalue weighted by atomic mass is 16.7. The molecular weight excluding hydrogens is 374 g/mol. The van der Waals surface area contributed by atoms with E-state index in [1.54, 1.807) is 0 Å². The van der Waals surface area contributed by atoms with Crippen LogP contribution in [0.1, 0.15) is 51.9 Å². The summed E-state index contributed by atoms with van der Waals surface area (Å²) in [6, 6.07) is -0.379. The smallest absolute Gasteiger partial charge is 0.316 e. The third kappa shape index (κ3) is 5.92. The maximum atomic E-state index is 12.4. The molecule has 0 aromatic carbocycles. The summed E-state index contributed by atoms with van der Waals surface area (Å²) in [5, 5.41) is 4.66. The molecule has 0 unspecified atom stereocenters. The van der Waals surface area contributed by atoms with E-state index >= 15 is 0 Å². The molecule has 3 saturated heterocycles. The number of nitrogens with zero attached hydrogens (tertiary/aromatic N) is 2. The van der Waals surface area contributed by atoms with Crippen molar-refractivity contribution in [3.63, 3.8) is 0 Å². The van der Waals surface area contributed by atoms with Gasteiger partial charge in [0.25, 0.3) is 0 Å². The average Bonchev–Trinajstić information content (AvgIpc) is 3.19. The third-order valence-electron chi connectivity index (χ3n) is 6.20. The zero-order valence-corrected chi connectivity index (χ0v) is 17.6. The number of urea groups is 1. The van der Waals surface area contributed by atoms with Crippen LogP contribution in [0.4, 0.5) is 4.79 Å². The summed E-state index contributed by atoms with van der Waals surface area (Å²) in [5.74, 6) is -0.704. The van der Waals surface area contributed by atoms with Crippen LogP contribution >= 0.6 is 0 Å². The largest absolute Gasteiger partial charge is 0.389 e. The van der Waals surface area contributed by atoms with Gasteiger partial charge in [0.15, 0.2) is 5.79 Å². The fourth-order valence-corrected chi connectivity index (χ4v) is 4.65. The normalized spacial score (nSPS) is 29.8. The van der Waals surface area contributed by atoms with E-state index in [0.29, 0.717) is 39.3 Å². The van der Waals surface area contributed by atoms with Gasteiger partial charge in [-0.25, -0.2) is 4.79 Å². The second-order valence-electron chi connectivity index (χ2n) is 8.18. The molecular formula is C21H37N3O5. The molecule has 0 aromatic rings. The second-order valence-corrected chi connectivity index (χ2v) is 8.18. The molecule has 3 atom stereocenters. The first-order valence-electron chi connectivity index (χ1n) is 11.5. The lowest BCUT2D eigenvalue weighted by atomic mass is 9.98. The summed E-state index contributed by atoms with van der Waals surface area (Å²) in [4.78, 5) is 16.5. The van der Waals surface area contributed by atoms with Crippen LogP contribution < -0.4 is 5.73 Å². The Morgan fingerprint density at radius 2 is 2.07 bits per heavy atom.